The molecule has 0 amide bonds. The molecule has 3 aromatic rings. The van der Waals surface area contributed by atoms with Crippen molar-refractivity contribution < 1.29 is 14.2 Å². The Morgan fingerprint density at radius 3 is 2.19 bits per heavy atom. The largest absolute Gasteiger partial charge is 0.493 e. The van der Waals surface area contributed by atoms with Gasteiger partial charge in [0, 0.05) is 6.54 Å². The fourth-order valence-corrected chi connectivity index (χ4v) is 3.53. The van der Waals surface area contributed by atoms with Crippen LogP contribution >= 0.6 is 0 Å². The zero-order valence-electron chi connectivity index (χ0n) is 15.6. The standard InChI is InChI=1S/C23H23NO3/c1-25-21-14-17-12-13-24-23(20(17)15-22(21)26-2)16-8-10-19(11-9-16)27-18-6-4-3-5-7-18/h3-11,14-15,23-24H,12-13H2,1-2H3. The van der Waals surface area contributed by atoms with E-state index in [1.165, 1.54) is 16.7 Å². The minimum absolute atomic E-state index is 0.124. The number of nitrogens with one attached hydrogen (secondary N) is 1. The quantitative estimate of drug-likeness (QED) is 0.713. The summed E-state index contributed by atoms with van der Waals surface area (Å²) in [4.78, 5) is 0. The number of hydrogen-bond donors (Lipinski definition) is 1. The Bertz CT molecular complexity index is 907. The first-order chi connectivity index (χ1) is 13.3. The van der Waals surface area contributed by atoms with E-state index in [2.05, 4.69) is 29.6 Å². The van der Waals surface area contributed by atoms with Crippen LogP contribution in [-0.2, 0) is 6.42 Å². The molecule has 4 heteroatoms. The molecule has 1 aliphatic heterocycles. The number of hydrogen-bond acceptors (Lipinski definition) is 4. The topological polar surface area (TPSA) is 39.7 Å². The summed E-state index contributed by atoms with van der Waals surface area (Å²) < 4.78 is 16.9. The summed E-state index contributed by atoms with van der Waals surface area (Å²) in [6.07, 6.45) is 0.974. The Morgan fingerprint density at radius 1 is 0.815 bits per heavy atom. The highest BCUT2D eigenvalue weighted by atomic mass is 16.5. The predicted octanol–water partition coefficient (Wildman–Crippen LogP) is 4.73. The van der Waals surface area contributed by atoms with Gasteiger partial charge in [0.2, 0.25) is 0 Å². The third kappa shape index (κ3) is 3.62. The van der Waals surface area contributed by atoms with Crippen LogP contribution in [0, 0.1) is 0 Å². The third-order valence-corrected chi connectivity index (χ3v) is 4.89. The van der Waals surface area contributed by atoms with E-state index >= 15 is 0 Å². The molecule has 1 N–H and O–H groups in total. The van der Waals surface area contributed by atoms with Crippen LogP contribution in [0.5, 0.6) is 23.0 Å². The number of para-hydroxylation sites is 1. The Balaban J connectivity index is 1.61. The molecule has 4 nitrogen and oxygen atoms in total. The van der Waals surface area contributed by atoms with Crippen molar-refractivity contribution in [1.82, 2.24) is 5.32 Å². The smallest absolute Gasteiger partial charge is 0.161 e. The van der Waals surface area contributed by atoms with Crippen molar-refractivity contribution in [3.05, 3.63) is 83.4 Å². The minimum Gasteiger partial charge on any atom is -0.493 e. The summed E-state index contributed by atoms with van der Waals surface area (Å²) in [7, 11) is 3.35. The lowest BCUT2D eigenvalue weighted by molar-refractivity contribution is 0.353. The van der Waals surface area contributed by atoms with Gasteiger partial charge in [-0.15, -0.1) is 0 Å². The van der Waals surface area contributed by atoms with Crippen LogP contribution in [0.4, 0.5) is 0 Å². The molecule has 1 unspecified atom stereocenters. The van der Waals surface area contributed by atoms with Gasteiger partial charge < -0.3 is 19.5 Å². The van der Waals surface area contributed by atoms with E-state index in [-0.39, 0.29) is 6.04 Å². The van der Waals surface area contributed by atoms with Crippen LogP contribution in [0.15, 0.2) is 66.7 Å². The average Bonchev–Trinajstić information content (AvgIpc) is 2.73. The molecule has 4 rings (SSSR count). The van der Waals surface area contributed by atoms with Gasteiger partial charge >= 0.3 is 0 Å². The van der Waals surface area contributed by atoms with Gasteiger partial charge in [0.25, 0.3) is 0 Å². The molecule has 27 heavy (non-hydrogen) atoms. The van der Waals surface area contributed by atoms with Crippen LogP contribution in [0.3, 0.4) is 0 Å². The van der Waals surface area contributed by atoms with Crippen LogP contribution in [-0.4, -0.2) is 20.8 Å². The van der Waals surface area contributed by atoms with Crippen LogP contribution < -0.4 is 19.5 Å². The van der Waals surface area contributed by atoms with Crippen molar-refractivity contribution in [3.8, 4) is 23.0 Å². The SMILES string of the molecule is COc1cc2c(cc1OC)C(c1ccc(Oc3ccccc3)cc1)NCC2. The molecule has 0 fully saturated rings. The molecule has 0 radical (unpaired) electrons. The number of fused-ring (bicyclic) bond motifs is 1. The second-order valence-corrected chi connectivity index (χ2v) is 6.53. The second-order valence-electron chi connectivity index (χ2n) is 6.53. The summed E-state index contributed by atoms with van der Waals surface area (Å²) >= 11 is 0. The fraction of sp³-hybridized carbons (Fsp3) is 0.217. The number of methoxy groups -OCH3 is 2. The summed E-state index contributed by atoms with van der Waals surface area (Å²) in [5.74, 6) is 3.20. The zero-order valence-corrected chi connectivity index (χ0v) is 15.6. The average molecular weight is 361 g/mol. The van der Waals surface area contributed by atoms with Gasteiger partial charge in [0.15, 0.2) is 11.5 Å². The Kier molecular flexibility index (Phi) is 4.99. The molecule has 0 saturated heterocycles. The van der Waals surface area contributed by atoms with E-state index in [9.17, 15) is 0 Å². The zero-order chi connectivity index (χ0) is 18.6. The van der Waals surface area contributed by atoms with Gasteiger partial charge in [-0.05, 0) is 59.5 Å². The van der Waals surface area contributed by atoms with Crippen molar-refractivity contribution in [2.24, 2.45) is 0 Å². The maximum atomic E-state index is 5.90. The van der Waals surface area contributed by atoms with Gasteiger partial charge in [-0.25, -0.2) is 0 Å². The molecule has 0 saturated carbocycles. The molecule has 0 spiro atoms. The molecular weight excluding hydrogens is 338 g/mol. The molecule has 0 bridgehead atoms. The number of benzene rings is 3. The first-order valence-electron chi connectivity index (χ1n) is 9.09. The normalized spacial score (nSPS) is 15.7. The van der Waals surface area contributed by atoms with Gasteiger partial charge in [0.05, 0.1) is 20.3 Å². The van der Waals surface area contributed by atoms with Crippen molar-refractivity contribution in [3.63, 3.8) is 0 Å². The van der Waals surface area contributed by atoms with Gasteiger partial charge in [0.1, 0.15) is 11.5 Å². The third-order valence-electron chi connectivity index (χ3n) is 4.89. The molecule has 0 aromatic heterocycles. The van der Waals surface area contributed by atoms with E-state index in [0.29, 0.717) is 0 Å². The van der Waals surface area contributed by atoms with Gasteiger partial charge in [-0.2, -0.15) is 0 Å². The van der Waals surface area contributed by atoms with Crippen molar-refractivity contribution in [2.75, 3.05) is 20.8 Å². The summed E-state index contributed by atoms with van der Waals surface area (Å²) in [6.45, 7) is 0.926. The molecule has 3 aromatic carbocycles. The van der Waals surface area contributed by atoms with Crippen molar-refractivity contribution >= 4 is 0 Å². The predicted molar refractivity (Wildman–Crippen MR) is 106 cm³/mol. The lowest BCUT2D eigenvalue weighted by Gasteiger charge is -2.28. The first-order valence-corrected chi connectivity index (χ1v) is 9.09. The lowest BCUT2D eigenvalue weighted by atomic mass is 9.89. The molecule has 1 atom stereocenters. The molecular formula is C23H23NO3. The highest BCUT2D eigenvalue weighted by Gasteiger charge is 2.24. The number of ether oxygens (including phenoxy) is 3. The monoisotopic (exact) mass is 361 g/mol. The second kappa shape index (κ2) is 7.72. The lowest BCUT2D eigenvalue weighted by Crippen LogP contribution is -2.30. The number of rotatable bonds is 5. The fourth-order valence-electron chi connectivity index (χ4n) is 3.53. The molecule has 138 valence electrons. The van der Waals surface area contributed by atoms with E-state index in [1.54, 1.807) is 14.2 Å². The molecule has 0 aliphatic carbocycles. The van der Waals surface area contributed by atoms with E-state index in [1.807, 2.05) is 42.5 Å². The van der Waals surface area contributed by atoms with Gasteiger partial charge in [-0.3, -0.25) is 0 Å². The van der Waals surface area contributed by atoms with Crippen molar-refractivity contribution in [1.29, 1.82) is 0 Å². The Hall–Kier alpha value is -2.98. The van der Waals surface area contributed by atoms with E-state index < -0.39 is 0 Å². The summed E-state index contributed by atoms with van der Waals surface area (Å²) in [5, 5.41) is 3.61. The molecule has 1 heterocycles. The summed E-state index contributed by atoms with van der Waals surface area (Å²) in [6, 6.07) is 22.4. The van der Waals surface area contributed by atoms with E-state index in [0.717, 1.165) is 36.0 Å². The van der Waals surface area contributed by atoms with Crippen LogP contribution in [0.2, 0.25) is 0 Å². The van der Waals surface area contributed by atoms with Crippen LogP contribution in [0.1, 0.15) is 22.7 Å². The van der Waals surface area contributed by atoms with Crippen LogP contribution in [0.25, 0.3) is 0 Å². The van der Waals surface area contributed by atoms with Gasteiger partial charge in [-0.1, -0.05) is 30.3 Å². The maximum absolute atomic E-state index is 5.90. The first kappa shape index (κ1) is 17.4. The minimum atomic E-state index is 0.124. The Morgan fingerprint density at radius 2 is 1.48 bits per heavy atom. The van der Waals surface area contributed by atoms with Crippen molar-refractivity contribution in [2.45, 2.75) is 12.5 Å². The Labute approximate surface area is 159 Å². The van der Waals surface area contributed by atoms with E-state index in [4.69, 9.17) is 14.2 Å². The highest BCUT2D eigenvalue weighted by molar-refractivity contribution is 5.52. The maximum Gasteiger partial charge on any atom is 0.161 e. The highest BCUT2D eigenvalue weighted by Crippen LogP contribution is 2.37. The molecule has 1 aliphatic rings. The summed E-state index contributed by atoms with van der Waals surface area (Å²) in [5.41, 5.74) is 3.72.